The third-order valence-corrected chi connectivity index (χ3v) is 2.75. The van der Waals surface area contributed by atoms with Crippen molar-refractivity contribution < 1.29 is 14.6 Å². The summed E-state index contributed by atoms with van der Waals surface area (Å²) in [7, 11) is 0. The van der Waals surface area contributed by atoms with Gasteiger partial charge in [0.25, 0.3) is 5.91 Å². The van der Waals surface area contributed by atoms with Gasteiger partial charge in [-0.2, -0.15) is 0 Å². The van der Waals surface area contributed by atoms with Crippen LogP contribution in [0.1, 0.15) is 12.5 Å². The smallest absolute Gasteiger partial charge is 0.258 e. The van der Waals surface area contributed by atoms with Crippen LogP contribution in [0.3, 0.4) is 0 Å². The first-order valence-corrected chi connectivity index (χ1v) is 6.11. The van der Waals surface area contributed by atoms with E-state index in [2.05, 4.69) is 21.2 Å². The van der Waals surface area contributed by atoms with E-state index < -0.39 is 0 Å². The Morgan fingerprint density at radius 3 is 2.88 bits per heavy atom. The topological polar surface area (TPSA) is 58.6 Å². The van der Waals surface area contributed by atoms with E-state index in [1.807, 2.05) is 25.1 Å². The number of benzene rings is 1. The second-order valence-electron chi connectivity index (χ2n) is 3.87. The minimum atomic E-state index is -0.257. The van der Waals surface area contributed by atoms with Crippen molar-refractivity contribution in [1.29, 1.82) is 0 Å². The third-order valence-electron chi connectivity index (χ3n) is 2.13. The van der Waals surface area contributed by atoms with Crippen LogP contribution in [0.2, 0.25) is 0 Å². The van der Waals surface area contributed by atoms with Gasteiger partial charge in [-0.3, -0.25) is 4.79 Å². The maximum Gasteiger partial charge on any atom is 0.258 e. The SMILES string of the molecule is Cc1ccc(OCC(=O)N[C@@H](C)CO)c(Br)c1. The van der Waals surface area contributed by atoms with Gasteiger partial charge in [-0.25, -0.2) is 0 Å². The Kier molecular flexibility index (Phi) is 5.44. The fourth-order valence-corrected chi connectivity index (χ4v) is 1.84. The molecule has 94 valence electrons. The fraction of sp³-hybridized carbons (Fsp3) is 0.417. The van der Waals surface area contributed by atoms with Crippen LogP contribution in [0.15, 0.2) is 22.7 Å². The van der Waals surface area contributed by atoms with E-state index >= 15 is 0 Å². The van der Waals surface area contributed by atoms with E-state index in [1.54, 1.807) is 6.92 Å². The lowest BCUT2D eigenvalue weighted by molar-refractivity contribution is -0.124. The molecule has 1 atom stereocenters. The molecule has 0 radical (unpaired) electrons. The molecule has 2 N–H and O–H groups in total. The summed E-state index contributed by atoms with van der Waals surface area (Å²) in [5, 5.41) is 11.4. The lowest BCUT2D eigenvalue weighted by Gasteiger charge is -2.12. The van der Waals surface area contributed by atoms with Gasteiger partial charge in [0, 0.05) is 6.04 Å². The van der Waals surface area contributed by atoms with E-state index in [9.17, 15) is 4.79 Å². The van der Waals surface area contributed by atoms with Crippen LogP contribution in [0.5, 0.6) is 5.75 Å². The predicted octanol–water partition coefficient (Wildman–Crippen LogP) is 1.63. The molecule has 0 bridgehead atoms. The van der Waals surface area contributed by atoms with Gasteiger partial charge in [-0.05, 0) is 47.5 Å². The molecule has 0 spiro atoms. The van der Waals surface area contributed by atoms with Gasteiger partial charge in [-0.1, -0.05) is 6.07 Å². The van der Waals surface area contributed by atoms with Gasteiger partial charge in [0.2, 0.25) is 0 Å². The summed E-state index contributed by atoms with van der Waals surface area (Å²) in [6.45, 7) is 3.55. The molecule has 0 aliphatic rings. The van der Waals surface area contributed by atoms with Gasteiger partial charge in [0.1, 0.15) is 5.75 Å². The summed E-state index contributed by atoms with van der Waals surface area (Å²) < 4.78 is 6.18. The zero-order valence-corrected chi connectivity index (χ0v) is 11.5. The molecule has 17 heavy (non-hydrogen) atoms. The number of carbonyl (C=O) groups excluding carboxylic acids is 1. The van der Waals surface area contributed by atoms with Crippen LogP contribution in [0.25, 0.3) is 0 Å². The Morgan fingerprint density at radius 1 is 1.59 bits per heavy atom. The highest BCUT2D eigenvalue weighted by Crippen LogP contribution is 2.25. The molecule has 1 rings (SSSR count). The van der Waals surface area contributed by atoms with E-state index in [4.69, 9.17) is 9.84 Å². The van der Waals surface area contributed by atoms with Crippen molar-refractivity contribution in [3.8, 4) is 5.75 Å². The quantitative estimate of drug-likeness (QED) is 0.869. The largest absolute Gasteiger partial charge is 0.483 e. The molecule has 1 aromatic carbocycles. The number of aliphatic hydroxyl groups excluding tert-OH is 1. The lowest BCUT2D eigenvalue weighted by atomic mass is 10.2. The number of halogens is 1. The molecule has 0 saturated heterocycles. The zero-order valence-electron chi connectivity index (χ0n) is 9.87. The maximum atomic E-state index is 11.4. The number of amides is 1. The summed E-state index contributed by atoms with van der Waals surface area (Å²) in [5.41, 5.74) is 1.11. The number of aryl methyl sites for hydroxylation is 1. The number of aliphatic hydroxyl groups is 1. The van der Waals surface area contributed by atoms with E-state index in [1.165, 1.54) is 0 Å². The molecule has 0 aliphatic carbocycles. The number of rotatable bonds is 5. The molecule has 1 aromatic rings. The van der Waals surface area contributed by atoms with Crippen LogP contribution >= 0.6 is 15.9 Å². The van der Waals surface area contributed by atoms with Crippen molar-refractivity contribution in [2.24, 2.45) is 0 Å². The standard InChI is InChI=1S/C12H16BrNO3/c1-8-3-4-11(10(13)5-8)17-7-12(16)14-9(2)6-15/h3-5,9,15H,6-7H2,1-2H3,(H,14,16)/t9-/m0/s1. The predicted molar refractivity (Wildman–Crippen MR) is 69.1 cm³/mol. The zero-order chi connectivity index (χ0) is 12.8. The summed E-state index contributed by atoms with van der Waals surface area (Å²) in [6.07, 6.45) is 0. The average molecular weight is 302 g/mol. The van der Waals surface area contributed by atoms with Gasteiger partial charge < -0.3 is 15.2 Å². The van der Waals surface area contributed by atoms with Crippen molar-refractivity contribution in [2.75, 3.05) is 13.2 Å². The molecule has 0 fully saturated rings. The molecule has 4 nitrogen and oxygen atoms in total. The maximum absolute atomic E-state index is 11.4. The fourth-order valence-electron chi connectivity index (χ4n) is 1.23. The van der Waals surface area contributed by atoms with Crippen LogP contribution in [0, 0.1) is 6.92 Å². The van der Waals surface area contributed by atoms with Crippen LogP contribution in [0.4, 0.5) is 0 Å². The Bertz CT molecular complexity index is 395. The Labute approximate surface area is 109 Å². The lowest BCUT2D eigenvalue weighted by Crippen LogP contribution is -2.38. The molecule has 0 unspecified atom stereocenters. The third kappa shape index (κ3) is 4.75. The van der Waals surface area contributed by atoms with Crippen molar-refractivity contribution in [3.05, 3.63) is 28.2 Å². The summed E-state index contributed by atoms with van der Waals surface area (Å²) in [5.74, 6) is 0.376. The number of hydrogen-bond donors (Lipinski definition) is 2. The number of hydrogen-bond acceptors (Lipinski definition) is 3. The van der Waals surface area contributed by atoms with Crippen molar-refractivity contribution in [1.82, 2.24) is 5.32 Å². The summed E-state index contributed by atoms with van der Waals surface area (Å²) in [4.78, 5) is 11.4. The first kappa shape index (κ1) is 14.0. The molecule has 0 saturated carbocycles. The highest BCUT2D eigenvalue weighted by molar-refractivity contribution is 9.10. The van der Waals surface area contributed by atoms with Crippen LogP contribution in [-0.2, 0) is 4.79 Å². The normalized spacial score (nSPS) is 12.0. The molecule has 0 heterocycles. The van der Waals surface area contributed by atoms with Crippen molar-refractivity contribution in [3.63, 3.8) is 0 Å². The molecule has 1 amide bonds. The Morgan fingerprint density at radius 2 is 2.29 bits per heavy atom. The average Bonchev–Trinajstić information content (AvgIpc) is 2.27. The summed E-state index contributed by atoms with van der Waals surface area (Å²) in [6, 6.07) is 5.38. The van der Waals surface area contributed by atoms with Crippen LogP contribution < -0.4 is 10.1 Å². The van der Waals surface area contributed by atoms with Gasteiger partial charge >= 0.3 is 0 Å². The van der Waals surface area contributed by atoms with Gasteiger partial charge in [0.15, 0.2) is 6.61 Å². The Balaban J connectivity index is 2.47. The minimum Gasteiger partial charge on any atom is -0.483 e. The van der Waals surface area contributed by atoms with Crippen molar-refractivity contribution >= 4 is 21.8 Å². The second-order valence-corrected chi connectivity index (χ2v) is 4.73. The van der Waals surface area contributed by atoms with Crippen molar-refractivity contribution in [2.45, 2.75) is 19.9 Å². The van der Waals surface area contributed by atoms with E-state index in [-0.39, 0.29) is 25.2 Å². The van der Waals surface area contributed by atoms with Gasteiger partial charge in [0.05, 0.1) is 11.1 Å². The highest BCUT2D eigenvalue weighted by atomic mass is 79.9. The number of carbonyl (C=O) groups is 1. The molecule has 0 aromatic heterocycles. The van der Waals surface area contributed by atoms with E-state index in [0.717, 1.165) is 10.0 Å². The minimum absolute atomic E-state index is 0.0635. The monoisotopic (exact) mass is 301 g/mol. The molecule has 0 aliphatic heterocycles. The first-order valence-electron chi connectivity index (χ1n) is 5.32. The molecular formula is C12H16BrNO3. The summed E-state index contributed by atoms with van der Waals surface area (Å²) >= 11 is 3.37. The number of nitrogens with one attached hydrogen (secondary N) is 1. The first-order chi connectivity index (χ1) is 8.02. The highest BCUT2D eigenvalue weighted by Gasteiger charge is 2.08. The molecule has 5 heteroatoms. The van der Waals surface area contributed by atoms with E-state index in [0.29, 0.717) is 5.75 Å². The van der Waals surface area contributed by atoms with Crippen LogP contribution in [-0.4, -0.2) is 30.3 Å². The Hall–Kier alpha value is -1.07. The molecular weight excluding hydrogens is 286 g/mol. The second kappa shape index (κ2) is 6.61. The number of ether oxygens (including phenoxy) is 1. The van der Waals surface area contributed by atoms with Gasteiger partial charge in [-0.15, -0.1) is 0 Å².